The van der Waals surface area contributed by atoms with Gasteiger partial charge in [0.2, 0.25) is 0 Å². The van der Waals surface area contributed by atoms with Gasteiger partial charge in [0.15, 0.2) is 0 Å². The van der Waals surface area contributed by atoms with Crippen LogP contribution in [0.25, 0.3) is 0 Å². The summed E-state index contributed by atoms with van der Waals surface area (Å²) in [6.45, 7) is 16.5. The van der Waals surface area contributed by atoms with Crippen molar-refractivity contribution in [3.63, 3.8) is 0 Å². The Morgan fingerprint density at radius 2 is 1.75 bits per heavy atom. The average molecular weight is 448 g/mol. The summed E-state index contributed by atoms with van der Waals surface area (Å²) in [7, 11) is -0.570. The van der Waals surface area contributed by atoms with Crippen molar-refractivity contribution in [2.75, 3.05) is 19.6 Å². The highest BCUT2D eigenvalue weighted by molar-refractivity contribution is 6.62. The molecule has 2 aliphatic rings. The smallest absolute Gasteiger partial charge is 0.465 e. The van der Waals surface area contributed by atoms with Gasteiger partial charge in [-0.15, -0.1) is 0 Å². The second-order valence-corrected chi connectivity index (χ2v) is 11.2. The lowest BCUT2D eigenvalue weighted by Crippen LogP contribution is -2.48. The number of piperidine rings is 1. The molecule has 3 rings (SSSR count). The van der Waals surface area contributed by atoms with E-state index in [2.05, 4.69) is 4.90 Å². The Morgan fingerprint density at radius 3 is 2.22 bits per heavy atom. The van der Waals surface area contributed by atoms with E-state index in [1.54, 1.807) is 0 Å². The molecule has 2 heterocycles. The summed E-state index contributed by atoms with van der Waals surface area (Å²) in [5.41, 5.74) is 0.0243. The van der Waals surface area contributed by atoms with Gasteiger partial charge in [0.1, 0.15) is 5.82 Å². The van der Waals surface area contributed by atoms with Crippen LogP contribution in [0.15, 0.2) is 18.2 Å². The van der Waals surface area contributed by atoms with E-state index >= 15 is 0 Å². The number of benzene rings is 1. The Bertz CT molecular complexity index is 816. The second-order valence-electron chi connectivity index (χ2n) is 11.2. The van der Waals surface area contributed by atoms with Crippen LogP contribution in [-0.4, -0.2) is 64.5 Å². The SMILES string of the molecule is CC(C)(C)N(CC1CCN(Cc2ccc(B3OC(C)(C)C(C)(C)O3)cc2F)CC1)C(=O)O. The molecule has 1 N–H and O–H groups in total. The lowest BCUT2D eigenvalue weighted by atomic mass is 9.78. The molecule has 1 aromatic rings. The third-order valence-corrected chi connectivity index (χ3v) is 7.19. The van der Waals surface area contributed by atoms with Gasteiger partial charge in [-0.1, -0.05) is 12.1 Å². The Kier molecular flexibility index (Phi) is 7.00. The number of rotatable bonds is 5. The van der Waals surface area contributed by atoms with Crippen molar-refractivity contribution in [1.82, 2.24) is 9.80 Å². The van der Waals surface area contributed by atoms with E-state index < -0.39 is 30.0 Å². The monoisotopic (exact) mass is 448 g/mol. The third kappa shape index (κ3) is 5.46. The predicted octanol–water partition coefficient (Wildman–Crippen LogP) is 4.12. The van der Waals surface area contributed by atoms with E-state index in [0.717, 1.165) is 25.9 Å². The lowest BCUT2D eigenvalue weighted by Gasteiger charge is -2.39. The van der Waals surface area contributed by atoms with E-state index in [1.807, 2.05) is 60.6 Å². The molecule has 2 saturated heterocycles. The average Bonchev–Trinajstić information content (AvgIpc) is 2.88. The van der Waals surface area contributed by atoms with Crippen LogP contribution in [0, 0.1) is 11.7 Å². The number of carboxylic acid groups (broad SMARTS) is 1. The highest BCUT2D eigenvalue weighted by atomic mass is 19.1. The number of carbonyl (C=O) groups is 1. The zero-order chi connectivity index (χ0) is 23.9. The summed E-state index contributed by atoms with van der Waals surface area (Å²) >= 11 is 0. The fraction of sp³-hybridized carbons (Fsp3) is 0.708. The van der Waals surface area contributed by atoms with Crippen molar-refractivity contribution < 1.29 is 23.6 Å². The maximum absolute atomic E-state index is 14.9. The molecule has 0 aromatic heterocycles. The summed E-state index contributed by atoms with van der Waals surface area (Å²) < 4.78 is 27.0. The number of hydrogen-bond donors (Lipinski definition) is 1. The highest BCUT2D eigenvalue weighted by Crippen LogP contribution is 2.36. The first-order chi connectivity index (χ1) is 14.7. The molecule has 32 heavy (non-hydrogen) atoms. The van der Waals surface area contributed by atoms with Gasteiger partial charge in [-0.05, 0) is 91.8 Å². The molecule has 0 saturated carbocycles. The first-order valence-corrected chi connectivity index (χ1v) is 11.6. The molecule has 6 nitrogen and oxygen atoms in total. The van der Waals surface area contributed by atoms with Crippen LogP contribution < -0.4 is 5.46 Å². The van der Waals surface area contributed by atoms with Gasteiger partial charge >= 0.3 is 13.2 Å². The van der Waals surface area contributed by atoms with Crippen molar-refractivity contribution in [2.45, 2.75) is 84.6 Å². The molecule has 0 atom stereocenters. The summed E-state index contributed by atoms with van der Waals surface area (Å²) in [4.78, 5) is 15.4. The minimum atomic E-state index is -0.871. The van der Waals surface area contributed by atoms with Crippen LogP contribution >= 0.6 is 0 Å². The van der Waals surface area contributed by atoms with Crippen molar-refractivity contribution >= 4 is 18.7 Å². The summed E-state index contributed by atoms with van der Waals surface area (Å²) in [6, 6.07) is 5.24. The van der Waals surface area contributed by atoms with E-state index in [-0.39, 0.29) is 5.82 Å². The molecule has 0 unspecified atom stereocenters. The minimum Gasteiger partial charge on any atom is -0.465 e. The topological polar surface area (TPSA) is 62.2 Å². The van der Waals surface area contributed by atoms with Gasteiger partial charge in [-0.2, -0.15) is 0 Å². The summed E-state index contributed by atoms with van der Waals surface area (Å²) in [6.07, 6.45) is 0.949. The van der Waals surface area contributed by atoms with Gasteiger partial charge < -0.3 is 19.3 Å². The van der Waals surface area contributed by atoms with Gasteiger partial charge in [-0.25, -0.2) is 9.18 Å². The zero-order valence-electron chi connectivity index (χ0n) is 20.6. The molecule has 0 aliphatic carbocycles. The predicted molar refractivity (Wildman–Crippen MR) is 125 cm³/mol. The number of halogens is 1. The number of amides is 1. The van der Waals surface area contributed by atoms with Crippen molar-refractivity contribution in [2.24, 2.45) is 5.92 Å². The maximum Gasteiger partial charge on any atom is 0.494 e. The van der Waals surface area contributed by atoms with Crippen molar-refractivity contribution in [3.05, 3.63) is 29.6 Å². The van der Waals surface area contributed by atoms with Gasteiger partial charge in [0, 0.05) is 24.2 Å². The molecule has 2 aliphatic heterocycles. The lowest BCUT2D eigenvalue weighted by molar-refractivity contribution is 0.00578. The Morgan fingerprint density at radius 1 is 1.19 bits per heavy atom. The largest absolute Gasteiger partial charge is 0.494 e. The van der Waals surface area contributed by atoms with E-state index in [9.17, 15) is 14.3 Å². The summed E-state index contributed by atoms with van der Waals surface area (Å²) in [5, 5.41) is 9.53. The van der Waals surface area contributed by atoms with Crippen LogP contribution in [0.2, 0.25) is 0 Å². The van der Waals surface area contributed by atoms with Crippen LogP contribution in [0.4, 0.5) is 9.18 Å². The highest BCUT2D eigenvalue weighted by Gasteiger charge is 2.51. The van der Waals surface area contributed by atoms with Crippen LogP contribution in [0.5, 0.6) is 0 Å². The molecule has 178 valence electrons. The van der Waals surface area contributed by atoms with Crippen molar-refractivity contribution in [3.8, 4) is 0 Å². The molecule has 0 radical (unpaired) electrons. The van der Waals surface area contributed by atoms with Gasteiger partial charge in [0.25, 0.3) is 0 Å². The molecule has 1 aromatic carbocycles. The Balaban J connectivity index is 1.56. The quantitative estimate of drug-likeness (QED) is 0.687. The molecule has 2 fully saturated rings. The Hall–Kier alpha value is -1.64. The third-order valence-electron chi connectivity index (χ3n) is 7.19. The number of hydrogen-bond acceptors (Lipinski definition) is 4. The zero-order valence-corrected chi connectivity index (χ0v) is 20.6. The molecule has 0 bridgehead atoms. The minimum absolute atomic E-state index is 0.246. The Labute approximate surface area is 192 Å². The first-order valence-electron chi connectivity index (χ1n) is 11.6. The molecular formula is C24H38BFN2O4. The standard InChI is InChI=1S/C24H38BFN2O4/c1-22(2,3)28(21(29)30)15-17-10-12-27(13-11-17)16-18-8-9-19(14-20(18)26)25-31-23(4,5)24(6,7)32-25/h8-9,14,17H,10-13,15-16H2,1-7H3,(H,29,30). The van der Waals surface area contributed by atoms with Crippen LogP contribution in [0.1, 0.15) is 66.9 Å². The van der Waals surface area contributed by atoms with E-state index in [4.69, 9.17) is 9.31 Å². The van der Waals surface area contributed by atoms with Gasteiger partial charge in [-0.3, -0.25) is 4.90 Å². The summed E-state index contributed by atoms with van der Waals surface area (Å²) in [5.74, 6) is 0.0845. The van der Waals surface area contributed by atoms with Crippen LogP contribution in [0.3, 0.4) is 0 Å². The van der Waals surface area contributed by atoms with E-state index in [0.29, 0.717) is 30.0 Å². The number of nitrogens with zero attached hydrogens (tertiary/aromatic N) is 2. The van der Waals surface area contributed by atoms with Gasteiger partial charge in [0.05, 0.1) is 11.2 Å². The molecule has 8 heteroatoms. The second kappa shape index (κ2) is 8.95. The van der Waals surface area contributed by atoms with Crippen LogP contribution in [-0.2, 0) is 15.9 Å². The van der Waals surface area contributed by atoms with Crippen molar-refractivity contribution in [1.29, 1.82) is 0 Å². The maximum atomic E-state index is 14.9. The fourth-order valence-electron chi connectivity index (χ4n) is 4.28. The molecular weight excluding hydrogens is 410 g/mol. The molecule has 0 spiro atoms. The normalized spacial score (nSPS) is 21.7. The number of likely N-dealkylation sites (tertiary alicyclic amines) is 1. The fourth-order valence-corrected chi connectivity index (χ4v) is 4.28. The first kappa shape index (κ1) is 25.0. The molecule has 1 amide bonds. The van der Waals surface area contributed by atoms with E-state index in [1.165, 1.54) is 11.0 Å².